The monoisotopic (exact) mass is 1040 g/mol. The maximum Gasteiger partial charge on any atom is 0.325 e. The fourth-order valence-corrected chi connectivity index (χ4v) is 12.9. The molecule has 0 radical (unpaired) electrons. The molecule has 0 spiro atoms. The van der Waals surface area contributed by atoms with E-state index in [1.807, 2.05) is 43.3 Å². The topological polar surface area (TPSA) is 187 Å². The summed E-state index contributed by atoms with van der Waals surface area (Å²) in [5.41, 5.74) is 8.10. The Bertz CT molecular complexity index is 2830. The summed E-state index contributed by atoms with van der Waals surface area (Å²) in [7, 11) is 1.75. The third-order valence-electron chi connectivity index (χ3n) is 16.8. The molecule has 5 N–H and O–H groups in total. The first-order chi connectivity index (χ1) is 35.7. The smallest absolute Gasteiger partial charge is 0.325 e. The van der Waals surface area contributed by atoms with Gasteiger partial charge in [0.1, 0.15) is 24.2 Å². The fraction of sp³-hybridized carbons (Fsp3) is 0.482. The molecule has 6 amide bonds. The number of urea groups is 1. The Morgan fingerprint density at radius 3 is 2.34 bits per heavy atom. The van der Waals surface area contributed by atoms with Crippen LogP contribution in [0.5, 0.6) is 11.5 Å². The minimum absolute atomic E-state index is 0.0542. The van der Waals surface area contributed by atoms with E-state index in [0.717, 1.165) is 101 Å². The van der Waals surface area contributed by atoms with E-state index in [1.54, 1.807) is 11.9 Å². The second-order valence-electron chi connectivity index (χ2n) is 21.0. The van der Waals surface area contributed by atoms with Crippen LogP contribution < -0.4 is 30.7 Å². The first-order valence-corrected chi connectivity index (χ1v) is 26.4. The summed E-state index contributed by atoms with van der Waals surface area (Å²) in [6.45, 7) is 6.29. The number of aliphatic hydroxyl groups excluding tert-OH is 1. The molecule has 0 aromatic heterocycles. The van der Waals surface area contributed by atoms with Crippen LogP contribution in [0.4, 0.5) is 19.3 Å². The van der Waals surface area contributed by atoms with Crippen LogP contribution in [0.25, 0.3) is 11.1 Å². The first kappa shape index (κ1) is 51.4. The number of hydrogen-bond acceptors (Lipinski definition) is 10. The Balaban J connectivity index is 0.727. The number of carbonyl (C=O) groups is 5. The molecule has 3 unspecified atom stereocenters. The van der Waals surface area contributed by atoms with Crippen LogP contribution >= 0.6 is 11.6 Å². The van der Waals surface area contributed by atoms with E-state index in [-0.39, 0.29) is 84.1 Å². The Kier molecular flexibility index (Phi) is 14.7. The predicted molar refractivity (Wildman–Crippen MR) is 274 cm³/mol. The zero-order valence-electron chi connectivity index (χ0n) is 41.8. The Labute approximate surface area is 434 Å². The summed E-state index contributed by atoms with van der Waals surface area (Å²) < 4.78 is 44.6. The summed E-state index contributed by atoms with van der Waals surface area (Å²) >= 11 is 6.73. The third-order valence-corrected chi connectivity index (χ3v) is 17.2. The lowest BCUT2D eigenvalue weighted by molar-refractivity contribution is -0.138. The summed E-state index contributed by atoms with van der Waals surface area (Å²) in [6.07, 6.45) is 7.15. The molecular formula is C56H64ClF2N7O8. The first-order valence-electron chi connectivity index (χ1n) is 26.1. The number of fused-ring (bicyclic) bond motifs is 2. The summed E-state index contributed by atoms with van der Waals surface area (Å²) in [4.78, 5) is 72.3. The minimum Gasteiger partial charge on any atom is -0.488 e. The van der Waals surface area contributed by atoms with Crippen molar-refractivity contribution in [1.29, 1.82) is 0 Å². The molecule has 18 heteroatoms. The molecule has 5 heterocycles. The number of benzene rings is 4. The van der Waals surface area contributed by atoms with Gasteiger partial charge in [0.15, 0.2) is 17.2 Å². The van der Waals surface area contributed by atoms with Crippen molar-refractivity contribution in [3.63, 3.8) is 0 Å². The second-order valence-corrected chi connectivity index (χ2v) is 21.3. The van der Waals surface area contributed by atoms with E-state index in [0.29, 0.717) is 23.9 Å². The van der Waals surface area contributed by atoms with Crippen molar-refractivity contribution in [2.45, 2.75) is 94.2 Å². The van der Waals surface area contributed by atoms with Crippen molar-refractivity contribution in [2.24, 2.45) is 17.6 Å². The van der Waals surface area contributed by atoms with Crippen LogP contribution in [-0.4, -0.2) is 122 Å². The van der Waals surface area contributed by atoms with E-state index in [1.165, 1.54) is 28.7 Å². The second kappa shape index (κ2) is 21.2. The number of hydrogen-bond donors (Lipinski definition) is 4. The van der Waals surface area contributed by atoms with Gasteiger partial charge in [0.25, 0.3) is 5.91 Å². The van der Waals surface area contributed by atoms with Gasteiger partial charge in [0, 0.05) is 98.1 Å². The van der Waals surface area contributed by atoms with Gasteiger partial charge >= 0.3 is 6.03 Å². The van der Waals surface area contributed by atoms with Crippen LogP contribution in [0.15, 0.2) is 66.7 Å². The van der Waals surface area contributed by atoms with Gasteiger partial charge in [-0.2, -0.15) is 0 Å². The molecular weight excluding hydrogens is 972 g/mol. The molecule has 4 aromatic carbocycles. The van der Waals surface area contributed by atoms with Crippen LogP contribution in [0.1, 0.15) is 115 Å². The molecule has 4 fully saturated rings. The van der Waals surface area contributed by atoms with Gasteiger partial charge in [0.05, 0.1) is 17.2 Å². The van der Waals surface area contributed by atoms with Crippen LogP contribution in [-0.2, 0) is 20.0 Å². The fourth-order valence-electron chi connectivity index (χ4n) is 12.6. The number of likely N-dealkylation sites (N-methyl/N-ethyl adjacent to an activating group) is 1. The average molecular weight is 1040 g/mol. The number of aliphatic hydroxyl groups is 1. The van der Waals surface area contributed by atoms with E-state index < -0.39 is 46.2 Å². The number of nitrogens with two attached hydrogens (primary N) is 1. The van der Waals surface area contributed by atoms with Crippen molar-refractivity contribution in [1.82, 2.24) is 25.3 Å². The molecule has 1 saturated carbocycles. The molecule has 74 heavy (non-hydrogen) atoms. The van der Waals surface area contributed by atoms with Crippen LogP contribution in [0.2, 0.25) is 5.02 Å². The average Bonchev–Trinajstić information content (AvgIpc) is 3.83. The maximum absolute atomic E-state index is 16.5. The number of nitrogens with zero attached hydrogens (tertiary/aromatic N) is 4. The summed E-state index contributed by atoms with van der Waals surface area (Å²) in [6, 6.07) is 18.3. The number of nitrogens with one attached hydrogen (secondary N) is 2. The number of anilines is 1. The Morgan fingerprint density at radius 1 is 0.919 bits per heavy atom. The summed E-state index contributed by atoms with van der Waals surface area (Å²) in [5, 5.41) is 15.1. The van der Waals surface area contributed by atoms with Crippen molar-refractivity contribution in [2.75, 3.05) is 71.0 Å². The highest BCUT2D eigenvalue weighted by Crippen LogP contribution is 2.57. The van der Waals surface area contributed by atoms with Gasteiger partial charge in [-0.05, 0) is 106 Å². The highest BCUT2D eigenvalue weighted by atomic mass is 35.5. The van der Waals surface area contributed by atoms with Gasteiger partial charge in [-0.25, -0.2) is 13.6 Å². The number of imide groups is 1. The van der Waals surface area contributed by atoms with E-state index in [2.05, 4.69) is 32.6 Å². The van der Waals surface area contributed by atoms with E-state index in [9.17, 15) is 29.1 Å². The van der Waals surface area contributed by atoms with Gasteiger partial charge in [0.2, 0.25) is 17.7 Å². The number of primary amides is 1. The van der Waals surface area contributed by atoms with Gasteiger partial charge in [-0.15, -0.1) is 0 Å². The highest BCUT2D eigenvalue weighted by Gasteiger charge is 2.51. The number of likely N-dealkylation sites (tertiary alicyclic amines) is 2. The molecule has 0 bridgehead atoms. The molecule has 10 rings (SSSR count). The summed E-state index contributed by atoms with van der Waals surface area (Å²) in [5.74, 6) is -2.88. The number of halogens is 3. The lowest BCUT2D eigenvalue weighted by Gasteiger charge is -2.40. The lowest BCUT2D eigenvalue weighted by Crippen LogP contribution is -2.52. The Hall–Kier alpha value is -6.14. The maximum atomic E-state index is 16.5. The quantitative estimate of drug-likeness (QED) is 0.0994. The zero-order chi connectivity index (χ0) is 52.0. The third kappa shape index (κ3) is 9.60. The Morgan fingerprint density at radius 2 is 1.65 bits per heavy atom. The number of carbonyl (C=O) groups excluding carboxylic acids is 5. The van der Waals surface area contributed by atoms with Gasteiger partial charge in [-0.1, -0.05) is 61.0 Å². The molecule has 1 aliphatic carbocycles. The molecule has 5 aliphatic heterocycles. The van der Waals surface area contributed by atoms with Crippen LogP contribution in [0, 0.1) is 23.5 Å². The van der Waals surface area contributed by atoms with Gasteiger partial charge < -0.3 is 45.2 Å². The highest BCUT2D eigenvalue weighted by molar-refractivity contribution is 6.34. The molecule has 3 atom stereocenters. The largest absolute Gasteiger partial charge is 0.488 e. The molecule has 4 aromatic rings. The zero-order valence-corrected chi connectivity index (χ0v) is 42.6. The standard InChI is InChI=1S/C56H64ClF2N7O8/c1-32-46-44(29-41(58)49(57)48(46)47-40(52(60)69)14-15-43(50(47)59)73-27-26-67)74-56(32,37-6-4-3-5-7-37)31-61-38-11-8-35(9-12-38)53(70)65-23-16-33(17-24-65)30-64-21-18-34(19-22-64)36-10-13-39-42(28-36)63(2)54(71)51(39)66-25-20-45(68)62-55(66)72/h3-7,10,13-15,28-29,32-35,38,51,61,67H,8-9,11-12,16-27,30-31H2,1-2H3,(H2,60,69)(H,62,68,72). The molecule has 6 aliphatic rings. The van der Waals surface area contributed by atoms with Crippen molar-refractivity contribution < 1.29 is 47.3 Å². The number of piperidine rings is 2. The molecule has 15 nitrogen and oxygen atoms in total. The van der Waals surface area contributed by atoms with Crippen LogP contribution in [0.3, 0.4) is 0 Å². The molecule has 3 saturated heterocycles. The number of amides is 6. The normalized spacial score (nSPS) is 24.7. The van der Waals surface area contributed by atoms with Crippen molar-refractivity contribution in [3.05, 3.63) is 111 Å². The SMILES string of the molecule is CC1c2c(cc(F)c(Cl)c2-c2c(C(N)=O)ccc(OCCO)c2F)OC1(CNC1CCC(C(=O)N2CCC(CN3CCC(c4ccc5c(c4)N(C)C(=O)C5N4CCC(=O)NC4=O)CC3)CC2)CC1)c1ccccc1. The lowest BCUT2D eigenvalue weighted by atomic mass is 9.77. The number of rotatable bonds is 14. The van der Waals surface area contributed by atoms with E-state index in [4.69, 9.17) is 26.8 Å². The number of ether oxygens (including phenoxy) is 2. The predicted octanol–water partition coefficient (Wildman–Crippen LogP) is 7.37. The van der Waals surface area contributed by atoms with Crippen molar-refractivity contribution in [3.8, 4) is 22.6 Å². The minimum atomic E-state index is -1.11. The van der Waals surface area contributed by atoms with Gasteiger partial charge in [-0.3, -0.25) is 24.5 Å². The van der Waals surface area contributed by atoms with Crippen molar-refractivity contribution >= 4 is 46.9 Å². The molecule has 392 valence electrons. The van der Waals surface area contributed by atoms with E-state index >= 15 is 8.78 Å².